The van der Waals surface area contributed by atoms with Crippen LogP contribution in [-0.4, -0.2) is 54.0 Å². The molecule has 7 heteroatoms. The van der Waals surface area contributed by atoms with E-state index in [1.165, 1.54) is 4.90 Å². The Morgan fingerprint density at radius 2 is 2.21 bits per heavy atom. The van der Waals surface area contributed by atoms with Crippen molar-refractivity contribution in [1.29, 1.82) is 0 Å². The molecule has 4 amide bonds. The zero-order chi connectivity index (χ0) is 14.0. The van der Waals surface area contributed by atoms with Crippen LogP contribution in [0, 0.1) is 0 Å². The van der Waals surface area contributed by atoms with Gasteiger partial charge in [0.05, 0.1) is 0 Å². The quantitative estimate of drug-likeness (QED) is 0.581. The number of nitrogens with zero attached hydrogens (tertiary/aromatic N) is 1. The Balaban J connectivity index is 1.84. The first-order valence-corrected chi connectivity index (χ1v) is 6.54. The topological polar surface area (TPSA) is 90.5 Å². The molecule has 0 aromatic rings. The third-order valence-corrected chi connectivity index (χ3v) is 3.71. The molecule has 3 N–H and O–H groups in total. The molecule has 0 spiro atoms. The first-order chi connectivity index (χ1) is 8.91. The maximum atomic E-state index is 11.8. The zero-order valence-electron chi connectivity index (χ0n) is 11.3. The molecule has 0 aromatic heterocycles. The molecule has 7 nitrogen and oxygen atoms in total. The molecule has 106 valence electrons. The number of carbonyl (C=O) groups excluding carboxylic acids is 3. The van der Waals surface area contributed by atoms with Gasteiger partial charge in [0.25, 0.3) is 5.91 Å². The van der Waals surface area contributed by atoms with Crippen LogP contribution in [-0.2, 0) is 9.59 Å². The van der Waals surface area contributed by atoms with Crippen molar-refractivity contribution in [3.05, 3.63) is 0 Å². The number of hydrogen-bond donors (Lipinski definition) is 3. The van der Waals surface area contributed by atoms with Gasteiger partial charge >= 0.3 is 6.03 Å². The summed E-state index contributed by atoms with van der Waals surface area (Å²) in [5.74, 6) is -0.616. The van der Waals surface area contributed by atoms with E-state index in [0.29, 0.717) is 12.6 Å². The molecule has 2 heterocycles. The van der Waals surface area contributed by atoms with Gasteiger partial charge in [-0.25, -0.2) is 4.79 Å². The van der Waals surface area contributed by atoms with Gasteiger partial charge in [-0.3, -0.25) is 14.9 Å². The first-order valence-electron chi connectivity index (χ1n) is 6.54. The summed E-state index contributed by atoms with van der Waals surface area (Å²) in [6.45, 7) is 4.69. The second-order valence-electron chi connectivity index (χ2n) is 5.50. The van der Waals surface area contributed by atoms with Crippen molar-refractivity contribution in [1.82, 2.24) is 20.9 Å². The Morgan fingerprint density at radius 1 is 1.47 bits per heavy atom. The summed E-state index contributed by atoms with van der Waals surface area (Å²) in [4.78, 5) is 36.2. The molecule has 0 radical (unpaired) electrons. The van der Waals surface area contributed by atoms with E-state index >= 15 is 0 Å². The Morgan fingerprint density at radius 3 is 2.74 bits per heavy atom. The Hall–Kier alpha value is -1.63. The molecule has 2 fully saturated rings. The smallest absolute Gasteiger partial charge is 0.325 e. The minimum absolute atomic E-state index is 0.0999. The van der Waals surface area contributed by atoms with Gasteiger partial charge in [0.1, 0.15) is 12.1 Å². The van der Waals surface area contributed by atoms with Crippen molar-refractivity contribution in [2.75, 3.05) is 19.6 Å². The molecule has 2 aliphatic rings. The maximum Gasteiger partial charge on any atom is 0.325 e. The fourth-order valence-electron chi connectivity index (χ4n) is 2.33. The summed E-state index contributed by atoms with van der Waals surface area (Å²) in [6.07, 6.45) is 2.17. The minimum Gasteiger partial charge on any atom is -0.353 e. The van der Waals surface area contributed by atoms with Crippen LogP contribution in [0.15, 0.2) is 0 Å². The van der Waals surface area contributed by atoms with Gasteiger partial charge in [-0.2, -0.15) is 0 Å². The molecule has 0 aliphatic carbocycles. The molecular weight excluding hydrogens is 248 g/mol. The van der Waals surface area contributed by atoms with Gasteiger partial charge in [0.2, 0.25) is 5.91 Å². The molecule has 0 saturated carbocycles. The molecule has 0 bridgehead atoms. The second-order valence-corrected chi connectivity index (χ2v) is 5.50. The number of carbonyl (C=O) groups is 3. The van der Waals surface area contributed by atoms with Gasteiger partial charge in [-0.05, 0) is 33.2 Å². The van der Waals surface area contributed by atoms with Gasteiger partial charge in [-0.15, -0.1) is 0 Å². The summed E-state index contributed by atoms with van der Waals surface area (Å²) >= 11 is 0. The predicted molar refractivity (Wildman–Crippen MR) is 68.4 cm³/mol. The third kappa shape index (κ3) is 2.86. The summed E-state index contributed by atoms with van der Waals surface area (Å²) < 4.78 is 0. The number of hydrogen-bond acceptors (Lipinski definition) is 4. The maximum absolute atomic E-state index is 11.8. The SMILES string of the molecule is CC1(C)C(=O)NC(=O)N1CC(=O)NCC1CCCN1. The van der Waals surface area contributed by atoms with E-state index in [1.807, 2.05) is 0 Å². The van der Waals surface area contributed by atoms with E-state index in [0.717, 1.165) is 19.4 Å². The lowest BCUT2D eigenvalue weighted by molar-refractivity contribution is -0.127. The fraction of sp³-hybridized carbons (Fsp3) is 0.750. The van der Waals surface area contributed by atoms with E-state index in [2.05, 4.69) is 16.0 Å². The lowest BCUT2D eigenvalue weighted by atomic mass is 10.0. The zero-order valence-corrected chi connectivity index (χ0v) is 11.3. The van der Waals surface area contributed by atoms with Crippen LogP contribution in [0.25, 0.3) is 0 Å². The molecule has 2 saturated heterocycles. The van der Waals surface area contributed by atoms with E-state index in [9.17, 15) is 14.4 Å². The molecule has 2 aliphatic heterocycles. The summed E-state index contributed by atoms with van der Waals surface area (Å²) in [6, 6.07) is -0.199. The second kappa shape index (κ2) is 5.16. The first kappa shape index (κ1) is 13.8. The summed E-state index contributed by atoms with van der Waals surface area (Å²) in [5, 5.41) is 8.28. The molecule has 1 unspecified atom stereocenters. The molecule has 0 aromatic carbocycles. The Bertz CT molecular complexity index is 402. The van der Waals surface area contributed by atoms with Crippen LogP contribution in [0.1, 0.15) is 26.7 Å². The van der Waals surface area contributed by atoms with Crippen LogP contribution >= 0.6 is 0 Å². The molecule has 2 rings (SSSR count). The lowest BCUT2D eigenvalue weighted by Crippen LogP contribution is -2.50. The van der Waals surface area contributed by atoms with Crippen molar-refractivity contribution in [3.63, 3.8) is 0 Å². The lowest BCUT2D eigenvalue weighted by Gasteiger charge is -2.27. The highest BCUT2D eigenvalue weighted by atomic mass is 16.2. The third-order valence-electron chi connectivity index (χ3n) is 3.71. The molecule has 19 heavy (non-hydrogen) atoms. The van der Waals surface area contributed by atoms with E-state index in [1.54, 1.807) is 13.8 Å². The number of rotatable bonds is 4. The van der Waals surface area contributed by atoms with Crippen molar-refractivity contribution in [3.8, 4) is 0 Å². The van der Waals surface area contributed by atoms with Crippen LogP contribution in [0.4, 0.5) is 4.79 Å². The molecule has 1 atom stereocenters. The van der Waals surface area contributed by atoms with Gasteiger partial charge < -0.3 is 15.5 Å². The number of nitrogens with one attached hydrogen (secondary N) is 3. The minimum atomic E-state index is -0.972. The van der Waals surface area contributed by atoms with E-state index in [-0.39, 0.29) is 18.4 Å². The van der Waals surface area contributed by atoms with Crippen LogP contribution in [0.5, 0.6) is 0 Å². The Kier molecular flexibility index (Phi) is 3.75. The molecular formula is C12H20N4O3. The monoisotopic (exact) mass is 268 g/mol. The van der Waals surface area contributed by atoms with Crippen LogP contribution in [0.3, 0.4) is 0 Å². The largest absolute Gasteiger partial charge is 0.353 e. The van der Waals surface area contributed by atoms with Crippen molar-refractivity contribution >= 4 is 17.8 Å². The number of imide groups is 1. The van der Waals surface area contributed by atoms with Gasteiger partial charge in [0.15, 0.2) is 0 Å². The average Bonchev–Trinajstić information content (AvgIpc) is 2.91. The summed E-state index contributed by atoms with van der Waals surface area (Å²) in [5.41, 5.74) is -0.972. The van der Waals surface area contributed by atoms with Crippen molar-refractivity contribution in [2.45, 2.75) is 38.3 Å². The highest BCUT2D eigenvalue weighted by Crippen LogP contribution is 2.20. The number of amides is 4. The van der Waals surface area contributed by atoms with E-state index < -0.39 is 11.6 Å². The Labute approximate surface area is 112 Å². The van der Waals surface area contributed by atoms with E-state index in [4.69, 9.17) is 0 Å². The standard InChI is InChI=1S/C12H20N4O3/c1-12(2)10(18)15-11(19)16(12)7-9(17)14-6-8-4-3-5-13-8/h8,13H,3-7H2,1-2H3,(H,14,17)(H,15,18,19). The highest BCUT2D eigenvalue weighted by Gasteiger charge is 2.46. The van der Waals surface area contributed by atoms with Crippen LogP contribution in [0.2, 0.25) is 0 Å². The van der Waals surface area contributed by atoms with Crippen LogP contribution < -0.4 is 16.0 Å². The fourth-order valence-corrected chi connectivity index (χ4v) is 2.33. The van der Waals surface area contributed by atoms with Crippen molar-refractivity contribution in [2.24, 2.45) is 0 Å². The van der Waals surface area contributed by atoms with Gasteiger partial charge in [0, 0.05) is 12.6 Å². The average molecular weight is 268 g/mol. The summed E-state index contributed by atoms with van der Waals surface area (Å²) in [7, 11) is 0. The number of urea groups is 1. The highest BCUT2D eigenvalue weighted by molar-refractivity contribution is 6.07. The predicted octanol–water partition coefficient (Wildman–Crippen LogP) is -0.815. The normalized spacial score (nSPS) is 25.6. The van der Waals surface area contributed by atoms with Crippen molar-refractivity contribution < 1.29 is 14.4 Å². The van der Waals surface area contributed by atoms with Gasteiger partial charge in [-0.1, -0.05) is 0 Å².